The Kier molecular flexibility index (Phi) is 4.16. The number of benzene rings is 2. The lowest BCUT2D eigenvalue weighted by Gasteiger charge is -2.27. The zero-order valence-corrected chi connectivity index (χ0v) is 11.7. The van der Waals surface area contributed by atoms with E-state index in [1.807, 2.05) is 56.3 Å². The fraction of sp³-hybridized carbons (Fsp3) is 0.200. The molecule has 0 bridgehead atoms. The van der Waals surface area contributed by atoms with Crippen LogP contribution in [0.2, 0.25) is 0 Å². The maximum absolute atomic E-state index is 12.5. The molecule has 2 aromatic carbocycles. The summed E-state index contributed by atoms with van der Waals surface area (Å²) in [5.41, 5.74) is 1.44. The average Bonchev–Trinajstić information content (AvgIpc) is 2.39. The van der Waals surface area contributed by atoms with Crippen LogP contribution in [0.1, 0.15) is 25.0 Å². The van der Waals surface area contributed by atoms with Gasteiger partial charge in [0, 0.05) is 11.0 Å². The number of para-hydroxylation sites is 1. The summed E-state index contributed by atoms with van der Waals surface area (Å²) in [6.45, 7) is 4.01. The molecule has 0 aliphatic heterocycles. The van der Waals surface area contributed by atoms with Crippen LogP contribution in [-0.2, 0) is 5.41 Å². The number of rotatable bonds is 4. The standard InChI is InChI=1S/C15H15F2OP/c1-15(2,12-8-4-3-5-9-12)13-10-6-7-11-14(13)18-19(16)17/h3-11H,1-2H3. The van der Waals surface area contributed by atoms with Gasteiger partial charge in [-0.05, 0) is 11.6 Å². The fourth-order valence-corrected chi connectivity index (χ4v) is 2.46. The van der Waals surface area contributed by atoms with Crippen molar-refractivity contribution >= 4 is 8.77 Å². The molecule has 4 heteroatoms. The molecule has 2 rings (SSSR count). The third-order valence-corrected chi connectivity index (χ3v) is 3.56. The first kappa shape index (κ1) is 14.0. The molecule has 0 unspecified atom stereocenters. The van der Waals surface area contributed by atoms with Crippen LogP contribution in [0, 0.1) is 0 Å². The summed E-state index contributed by atoms with van der Waals surface area (Å²) in [6, 6.07) is 16.8. The van der Waals surface area contributed by atoms with Crippen molar-refractivity contribution in [3.63, 3.8) is 0 Å². The van der Waals surface area contributed by atoms with Gasteiger partial charge in [-0.3, -0.25) is 0 Å². The molecule has 0 aliphatic carbocycles. The molecule has 0 aliphatic rings. The SMILES string of the molecule is CC(C)(c1ccccc1)c1ccccc1OP(F)F. The Labute approximate surface area is 113 Å². The van der Waals surface area contributed by atoms with E-state index in [2.05, 4.69) is 4.52 Å². The highest BCUT2D eigenvalue weighted by Gasteiger charge is 2.27. The fourth-order valence-electron chi connectivity index (χ4n) is 2.15. The molecule has 0 heterocycles. The van der Waals surface area contributed by atoms with Crippen LogP contribution >= 0.6 is 8.77 Å². The van der Waals surface area contributed by atoms with Crippen molar-refractivity contribution in [2.75, 3.05) is 0 Å². The Morgan fingerprint density at radius 3 is 2.11 bits per heavy atom. The number of hydrogen-bond donors (Lipinski definition) is 0. The molecule has 2 aromatic rings. The van der Waals surface area contributed by atoms with Crippen LogP contribution in [-0.4, -0.2) is 0 Å². The first-order valence-corrected chi connectivity index (χ1v) is 7.00. The van der Waals surface area contributed by atoms with Crippen LogP contribution in [0.4, 0.5) is 8.39 Å². The summed E-state index contributed by atoms with van der Waals surface area (Å²) in [4.78, 5) is 0. The zero-order chi connectivity index (χ0) is 13.9. The summed E-state index contributed by atoms with van der Waals surface area (Å²) < 4.78 is 29.8. The molecule has 1 nitrogen and oxygen atoms in total. The molecular formula is C15H15F2OP. The lowest BCUT2D eigenvalue weighted by atomic mass is 9.78. The van der Waals surface area contributed by atoms with Crippen LogP contribution in [0.3, 0.4) is 0 Å². The Morgan fingerprint density at radius 2 is 1.47 bits per heavy atom. The normalized spacial score (nSPS) is 11.6. The van der Waals surface area contributed by atoms with Crippen LogP contribution < -0.4 is 4.52 Å². The maximum atomic E-state index is 12.5. The summed E-state index contributed by atoms with van der Waals surface area (Å²) in [5.74, 6) is 0.257. The van der Waals surface area contributed by atoms with Gasteiger partial charge < -0.3 is 4.52 Å². The van der Waals surface area contributed by atoms with Gasteiger partial charge in [0.25, 0.3) is 0 Å². The minimum atomic E-state index is -3.41. The predicted molar refractivity (Wildman–Crippen MR) is 74.8 cm³/mol. The Balaban J connectivity index is 2.46. The van der Waals surface area contributed by atoms with Crippen LogP contribution in [0.25, 0.3) is 0 Å². The first-order valence-electron chi connectivity index (χ1n) is 5.96. The highest BCUT2D eigenvalue weighted by atomic mass is 31.2. The molecule has 0 N–H and O–H groups in total. The average molecular weight is 280 g/mol. The van der Waals surface area contributed by atoms with Crippen molar-refractivity contribution in [3.05, 3.63) is 65.7 Å². The largest absolute Gasteiger partial charge is 0.481 e. The van der Waals surface area contributed by atoms with E-state index in [0.29, 0.717) is 0 Å². The highest BCUT2D eigenvalue weighted by Crippen LogP contribution is 2.45. The van der Waals surface area contributed by atoms with E-state index >= 15 is 0 Å². The van der Waals surface area contributed by atoms with E-state index in [4.69, 9.17) is 0 Å². The highest BCUT2D eigenvalue weighted by molar-refractivity contribution is 7.41. The molecule has 19 heavy (non-hydrogen) atoms. The summed E-state index contributed by atoms with van der Waals surface area (Å²) >= 11 is 0. The van der Waals surface area contributed by atoms with Crippen molar-refractivity contribution in [3.8, 4) is 5.75 Å². The van der Waals surface area contributed by atoms with Gasteiger partial charge in [-0.15, -0.1) is 8.39 Å². The van der Waals surface area contributed by atoms with E-state index in [9.17, 15) is 8.39 Å². The molecule has 0 atom stereocenters. The Bertz CT molecular complexity index is 541. The molecule has 0 fully saturated rings. The molecule has 0 amide bonds. The monoisotopic (exact) mass is 280 g/mol. The van der Waals surface area contributed by atoms with Crippen LogP contribution in [0.5, 0.6) is 5.75 Å². The third-order valence-electron chi connectivity index (χ3n) is 3.22. The van der Waals surface area contributed by atoms with E-state index in [1.54, 1.807) is 12.1 Å². The molecular weight excluding hydrogens is 265 g/mol. The van der Waals surface area contributed by atoms with Gasteiger partial charge >= 0.3 is 8.77 Å². The summed E-state index contributed by atoms with van der Waals surface area (Å²) in [7, 11) is -3.41. The van der Waals surface area contributed by atoms with Gasteiger partial charge in [0.05, 0.1) is 0 Å². The van der Waals surface area contributed by atoms with E-state index in [1.165, 1.54) is 0 Å². The van der Waals surface area contributed by atoms with Gasteiger partial charge in [0.2, 0.25) is 0 Å². The van der Waals surface area contributed by atoms with E-state index in [0.717, 1.165) is 11.1 Å². The third kappa shape index (κ3) is 3.10. The van der Waals surface area contributed by atoms with Gasteiger partial charge in [0.1, 0.15) is 5.75 Å². The lowest BCUT2D eigenvalue weighted by molar-refractivity contribution is 0.488. The molecule has 100 valence electrons. The van der Waals surface area contributed by atoms with Gasteiger partial charge in [-0.1, -0.05) is 62.4 Å². The molecule has 0 aromatic heterocycles. The number of hydrogen-bond acceptors (Lipinski definition) is 1. The maximum Gasteiger partial charge on any atom is 0.481 e. The minimum Gasteiger partial charge on any atom is -0.420 e. The topological polar surface area (TPSA) is 9.23 Å². The van der Waals surface area contributed by atoms with Crippen molar-refractivity contribution in [2.24, 2.45) is 0 Å². The predicted octanol–water partition coefficient (Wildman–Crippen LogP) is 5.56. The Hall–Kier alpha value is -1.47. The number of halogens is 2. The second-order valence-corrected chi connectivity index (χ2v) is 5.37. The van der Waals surface area contributed by atoms with Crippen molar-refractivity contribution in [1.82, 2.24) is 0 Å². The van der Waals surface area contributed by atoms with Crippen molar-refractivity contribution in [1.29, 1.82) is 0 Å². The molecule has 0 saturated carbocycles. The smallest absolute Gasteiger partial charge is 0.420 e. The van der Waals surface area contributed by atoms with E-state index in [-0.39, 0.29) is 11.2 Å². The minimum absolute atomic E-state index is 0.257. The second kappa shape index (κ2) is 5.66. The first-order chi connectivity index (χ1) is 9.01. The summed E-state index contributed by atoms with van der Waals surface area (Å²) in [6.07, 6.45) is 0. The quantitative estimate of drug-likeness (QED) is 0.666. The summed E-state index contributed by atoms with van der Waals surface area (Å²) in [5, 5.41) is 0. The Morgan fingerprint density at radius 1 is 0.895 bits per heavy atom. The second-order valence-electron chi connectivity index (χ2n) is 4.78. The van der Waals surface area contributed by atoms with Crippen molar-refractivity contribution < 1.29 is 12.9 Å². The van der Waals surface area contributed by atoms with Crippen LogP contribution in [0.15, 0.2) is 54.6 Å². The molecule has 0 radical (unpaired) electrons. The van der Waals surface area contributed by atoms with Crippen molar-refractivity contribution in [2.45, 2.75) is 19.3 Å². The van der Waals surface area contributed by atoms with Gasteiger partial charge in [-0.25, -0.2) is 0 Å². The lowest BCUT2D eigenvalue weighted by Crippen LogP contribution is -2.19. The van der Waals surface area contributed by atoms with Gasteiger partial charge in [0.15, 0.2) is 0 Å². The van der Waals surface area contributed by atoms with Gasteiger partial charge in [-0.2, -0.15) is 0 Å². The van der Waals surface area contributed by atoms with E-state index < -0.39 is 8.77 Å². The molecule has 0 spiro atoms. The zero-order valence-electron chi connectivity index (χ0n) is 10.8. The molecule has 0 saturated heterocycles.